The van der Waals surface area contributed by atoms with Gasteiger partial charge in [0.1, 0.15) is 0 Å². The third-order valence-corrected chi connectivity index (χ3v) is 5.33. The fourth-order valence-corrected chi connectivity index (χ4v) is 3.19. The Bertz CT molecular complexity index is 414. The Kier molecular flexibility index (Phi) is 12.8. The quantitative estimate of drug-likeness (QED) is 0.196. The van der Waals surface area contributed by atoms with Gasteiger partial charge in [-0.25, -0.2) is 13.1 Å². The molecule has 22 heavy (non-hydrogen) atoms. The van der Waals surface area contributed by atoms with E-state index in [-0.39, 0.29) is 29.7 Å². The van der Waals surface area contributed by atoms with Gasteiger partial charge in [-0.15, -0.1) is 24.0 Å². The number of hydrogen-bond acceptors (Lipinski definition) is 4. The molecule has 1 fully saturated rings. The molecule has 0 aromatic heterocycles. The summed E-state index contributed by atoms with van der Waals surface area (Å²) >= 11 is 1.74. The number of thioether (sulfide) groups is 1. The van der Waals surface area contributed by atoms with E-state index in [2.05, 4.69) is 20.3 Å². The van der Waals surface area contributed by atoms with Crippen molar-refractivity contribution in [1.82, 2.24) is 15.4 Å². The van der Waals surface area contributed by atoms with E-state index in [1.807, 2.05) is 13.2 Å². The molecule has 0 heterocycles. The maximum atomic E-state index is 11.9. The zero-order valence-corrected chi connectivity index (χ0v) is 17.4. The van der Waals surface area contributed by atoms with Crippen LogP contribution in [0.5, 0.6) is 0 Å². The molecule has 0 bridgehead atoms. The standard InChI is InChI=1S/C13H28N4O2S2.HI/c1-3-14-13(15-7-9-20-2)16-8-10-21(18,19)17-11-12-5-4-6-12;/h12,17H,3-11H2,1-2H3,(H2,14,15,16);1H. The maximum absolute atomic E-state index is 11.9. The van der Waals surface area contributed by atoms with E-state index >= 15 is 0 Å². The number of nitrogens with one attached hydrogen (secondary N) is 3. The fourth-order valence-electron chi connectivity index (χ4n) is 1.91. The monoisotopic (exact) mass is 464 g/mol. The predicted molar refractivity (Wildman–Crippen MR) is 107 cm³/mol. The first-order valence-corrected chi connectivity index (χ1v) is 10.6. The molecular weight excluding hydrogens is 435 g/mol. The van der Waals surface area contributed by atoms with Crippen molar-refractivity contribution in [3.8, 4) is 0 Å². The lowest BCUT2D eigenvalue weighted by atomic mass is 9.86. The largest absolute Gasteiger partial charge is 0.357 e. The van der Waals surface area contributed by atoms with Gasteiger partial charge in [0.25, 0.3) is 0 Å². The van der Waals surface area contributed by atoms with Crippen molar-refractivity contribution in [1.29, 1.82) is 0 Å². The van der Waals surface area contributed by atoms with Gasteiger partial charge >= 0.3 is 0 Å². The van der Waals surface area contributed by atoms with Crippen LogP contribution >= 0.6 is 35.7 Å². The van der Waals surface area contributed by atoms with Gasteiger partial charge in [-0.2, -0.15) is 11.8 Å². The molecule has 0 atom stereocenters. The zero-order chi connectivity index (χ0) is 15.6. The summed E-state index contributed by atoms with van der Waals surface area (Å²) in [6, 6.07) is 0. The van der Waals surface area contributed by atoms with Crippen molar-refractivity contribution < 1.29 is 8.42 Å². The highest BCUT2D eigenvalue weighted by Gasteiger charge is 2.19. The molecule has 0 aromatic carbocycles. The second-order valence-electron chi connectivity index (χ2n) is 5.14. The third-order valence-electron chi connectivity index (χ3n) is 3.39. The molecule has 9 heteroatoms. The number of nitrogens with zero attached hydrogens (tertiary/aromatic N) is 1. The number of guanidine groups is 1. The molecule has 6 nitrogen and oxygen atoms in total. The van der Waals surface area contributed by atoms with E-state index in [1.165, 1.54) is 6.42 Å². The van der Waals surface area contributed by atoms with Gasteiger partial charge in [0, 0.05) is 25.4 Å². The highest BCUT2D eigenvalue weighted by atomic mass is 127. The highest BCUT2D eigenvalue weighted by molar-refractivity contribution is 14.0. The lowest BCUT2D eigenvalue weighted by Crippen LogP contribution is -2.42. The van der Waals surface area contributed by atoms with Crippen LogP contribution in [0.3, 0.4) is 0 Å². The summed E-state index contributed by atoms with van der Waals surface area (Å²) in [7, 11) is -3.19. The number of hydrogen-bond donors (Lipinski definition) is 3. The molecular formula is C13H29IN4O2S2. The minimum atomic E-state index is -3.19. The minimum Gasteiger partial charge on any atom is -0.357 e. The Morgan fingerprint density at radius 1 is 1.32 bits per heavy atom. The van der Waals surface area contributed by atoms with E-state index < -0.39 is 10.0 Å². The van der Waals surface area contributed by atoms with Gasteiger partial charge in [-0.1, -0.05) is 6.42 Å². The predicted octanol–water partition coefficient (Wildman–Crippen LogP) is 1.24. The summed E-state index contributed by atoms with van der Waals surface area (Å²) in [6.07, 6.45) is 5.56. The number of sulfonamides is 1. The first kappa shape index (κ1) is 22.3. The fraction of sp³-hybridized carbons (Fsp3) is 0.923. The minimum absolute atomic E-state index is 0. The number of aliphatic imine (C=N–C) groups is 1. The van der Waals surface area contributed by atoms with Gasteiger partial charge in [0.2, 0.25) is 10.0 Å². The first-order chi connectivity index (χ1) is 10.1. The molecule has 3 N–H and O–H groups in total. The van der Waals surface area contributed by atoms with Gasteiger partial charge in [0.05, 0.1) is 12.3 Å². The Labute approximate surface area is 156 Å². The number of rotatable bonds is 10. The summed E-state index contributed by atoms with van der Waals surface area (Å²) in [5, 5.41) is 6.17. The second kappa shape index (κ2) is 12.7. The van der Waals surface area contributed by atoms with Crippen molar-refractivity contribution in [2.75, 3.05) is 43.9 Å². The summed E-state index contributed by atoms with van der Waals surface area (Å²) in [5.74, 6) is 2.25. The topological polar surface area (TPSA) is 82.6 Å². The lowest BCUT2D eigenvalue weighted by Gasteiger charge is -2.25. The molecule has 0 spiro atoms. The van der Waals surface area contributed by atoms with Crippen molar-refractivity contribution in [2.24, 2.45) is 10.9 Å². The normalized spacial score (nSPS) is 15.8. The third kappa shape index (κ3) is 10.1. The van der Waals surface area contributed by atoms with Crippen molar-refractivity contribution in [3.63, 3.8) is 0 Å². The second-order valence-corrected chi connectivity index (χ2v) is 8.06. The van der Waals surface area contributed by atoms with Crippen LogP contribution in [0, 0.1) is 5.92 Å². The highest BCUT2D eigenvalue weighted by Crippen LogP contribution is 2.25. The van der Waals surface area contributed by atoms with E-state index in [4.69, 9.17) is 0 Å². The summed E-state index contributed by atoms with van der Waals surface area (Å²) in [5.41, 5.74) is 0. The van der Waals surface area contributed by atoms with Crippen molar-refractivity contribution >= 4 is 51.7 Å². The molecule has 0 radical (unpaired) electrons. The average molecular weight is 464 g/mol. The van der Waals surface area contributed by atoms with Crippen molar-refractivity contribution in [2.45, 2.75) is 26.2 Å². The maximum Gasteiger partial charge on any atom is 0.213 e. The SMILES string of the molecule is CCNC(=NCCSC)NCCS(=O)(=O)NCC1CCC1.I. The molecule has 0 unspecified atom stereocenters. The van der Waals surface area contributed by atoms with Crippen LogP contribution in [-0.2, 0) is 10.0 Å². The molecule has 1 aliphatic rings. The van der Waals surface area contributed by atoms with Crippen molar-refractivity contribution in [3.05, 3.63) is 0 Å². The Morgan fingerprint density at radius 3 is 2.59 bits per heavy atom. The molecule has 1 saturated carbocycles. The molecule has 1 rings (SSSR count). The van der Waals surface area contributed by atoms with E-state index in [9.17, 15) is 8.42 Å². The summed E-state index contributed by atoms with van der Waals surface area (Å²) in [4.78, 5) is 4.38. The van der Waals surface area contributed by atoms with Crippen LogP contribution in [0.2, 0.25) is 0 Å². The molecule has 0 saturated heterocycles. The van der Waals surface area contributed by atoms with Crippen LogP contribution in [0.1, 0.15) is 26.2 Å². The first-order valence-electron chi connectivity index (χ1n) is 7.56. The van der Waals surface area contributed by atoms with Crippen LogP contribution in [0.25, 0.3) is 0 Å². The number of halogens is 1. The van der Waals surface area contributed by atoms with Gasteiger partial charge in [-0.05, 0) is 31.9 Å². The molecule has 0 aromatic rings. The lowest BCUT2D eigenvalue weighted by molar-refractivity contribution is 0.316. The molecule has 0 aliphatic heterocycles. The van der Waals surface area contributed by atoms with E-state index in [1.54, 1.807) is 11.8 Å². The molecule has 132 valence electrons. The van der Waals surface area contributed by atoms with Crippen LogP contribution in [0.15, 0.2) is 4.99 Å². The van der Waals surface area contributed by atoms with E-state index in [0.717, 1.165) is 31.7 Å². The van der Waals surface area contributed by atoms with Gasteiger partial charge < -0.3 is 10.6 Å². The smallest absolute Gasteiger partial charge is 0.213 e. The zero-order valence-electron chi connectivity index (χ0n) is 13.4. The Hall–Kier alpha value is 0.260. The Morgan fingerprint density at radius 2 is 2.05 bits per heavy atom. The van der Waals surface area contributed by atoms with E-state index in [0.29, 0.717) is 25.0 Å². The van der Waals surface area contributed by atoms with Gasteiger partial charge in [0.15, 0.2) is 5.96 Å². The van der Waals surface area contributed by atoms with Crippen LogP contribution in [0.4, 0.5) is 0 Å². The molecule has 1 aliphatic carbocycles. The average Bonchev–Trinajstić information content (AvgIpc) is 2.37. The van der Waals surface area contributed by atoms with Crippen LogP contribution in [-0.4, -0.2) is 58.3 Å². The summed E-state index contributed by atoms with van der Waals surface area (Å²) < 4.78 is 26.4. The summed E-state index contributed by atoms with van der Waals surface area (Å²) in [6.45, 7) is 4.43. The Balaban J connectivity index is 0.00000441. The molecule has 0 amide bonds. The van der Waals surface area contributed by atoms with Crippen LogP contribution < -0.4 is 15.4 Å². The van der Waals surface area contributed by atoms with Gasteiger partial charge in [-0.3, -0.25) is 4.99 Å².